The molecule has 0 aliphatic carbocycles. The van der Waals surface area contributed by atoms with Crippen LogP contribution in [-0.2, 0) is 9.59 Å². The van der Waals surface area contributed by atoms with Gasteiger partial charge in [0.05, 0.1) is 17.7 Å². The minimum absolute atomic E-state index is 0.0148. The summed E-state index contributed by atoms with van der Waals surface area (Å²) in [6, 6.07) is -1.10. The molecule has 0 saturated carbocycles. The zero-order valence-electron chi connectivity index (χ0n) is 18.0. The highest BCUT2D eigenvalue weighted by Gasteiger charge is 2.34. The zero-order valence-corrected chi connectivity index (χ0v) is 20.1. The number of nitrogens with two attached hydrogens (primary N) is 1. The predicted molar refractivity (Wildman–Crippen MR) is 118 cm³/mol. The molecular weight excluding hydrogens is 459 g/mol. The van der Waals surface area contributed by atoms with Crippen LogP contribution < -0.4 is 16.4 Å². The lowest BCUT2D eigenvalue weighted by Gasteiger charge is -2.32. The van der Waals surface area contributed by atoms with Gasteiger partial charge in [0.15, 0.2) is 5.78 Å². The Bertz CT molecular complexity index is 524. The third kappa shape index (κ3) is 10.4. The second-order valence-electron chi connectivity index (χ2n) is 9.08. The molecule has 0 aromatic rings. The van der Waals surface area contributed by atoms with Gasteiger partial charge in [-0.25, -0.2) is 0 Å². The highest BCUT2D eigenvalue weighted by molar-refractivity contribution is 14.1. The number of amides is 2. The van der Waals surface area contributed by atoms with E-state index in [0.29, 0.717) is 19.4 Å². The van der Waals surface area contributed by atoms with E-state index in [2.05, 4.69) is 10.6 Å². The minimum Gasteiger partial charge on any atom is -0.345 e. The normalized spacial score (nSPS) is 14.6. The number of Topliss-reactive ketones (excluding diaryl/α,β-unsaturated/α-hetero) is 1. The smallest absolute Gasteiger partial charge is 0.282 e. The van der Waals surface area contributed by atoms with Crippen LogP contribution in [0, 0.1) is 11.3 Å². The maximum atomic E-state index is 12.9. The first-order chi connectivity index (χ1) is 12.1. The molecule has 8 heteroatoms. The Hall–Kier alpha value is -0.740. The monoisotopic (exact) mass is 496 g/mol. The van der Waals surface area contributed by atoms with E-state index in [1.807, 2.05) is 34.6 Å². The molecule has 0 aliphatic rings. The third-order valence-electron chi connectivity index (χ3n) is 4.14. The van der Waals surface area contributed by atoms with Gasteiger partial charge in [0, 0.05) is 41.6 Å². The third-order valence-corrected chi connectivity index (χ3v) is 4.96. The molecule has 4 N–H and O–H groups in total. The molecule has 0 aliphatic heterocycles. The maximum absolute atomic E-state index is 12.9. The summed E-state index contributed by atoms with van der Waals surface area (Å²) in [5.74, 6) is -0.237. The largest absolute Gasteiger partial charge is 0.345 e. The van der Waals surface area contributed by atoms with Crippen LogP contribution in [0.4, 0.5) is 4.79 Å². The van der Waals surface area contributed by atoms with E-state index in [1.54, 1.807) is 48.4 Å². The Labute approximate surface area is 177 Å². The number of hydrogen-bond acceptors (Lipinski definition) is 5. The Kier molecular flexibility index (Phi) is 10.4. The SMILES string of the molecule is CC(C)C(NC(C)(C)N)C(=O)NC(CCCN(C)C(=O)I)C(=O)C(C)(C)C. The summed E-state index contributed by atoms with van der Waals surface area (Å²) < 4.78 is -0.0513. The van der Waals surface area contributed by atoms with Gasteiger partial charge in [-0.1, -0.05) is 34.6 Å². The lowest BCUT2D eigenvalue weighted by Crippen LogP contribution is -2.61. The topological polar surface area (TPSA) is 105 Å². The summed E-state index contributed by atoms with van der Waals surface area (Å²) in [6.07, 6.45) is 1.10. The first kappa shape index (κ1) is 26.3. The van der Waals surface area contributed by atoms with Crippen LogP contribution in [0.5, 0.6) is 0 Å². The Morgan fingerprint density at radius 3 is 2.00 bits per heavy atom. The fraction of sp³-hybridized carbons (Fsp3) is 0.842. The molecular formula is C19H37IN4O3. The number of carbonyl (C=O) groups excluding carboxylic acids is 3. The molecule has 0 saturated heterocycles. The van der Waals surface area contributed by atoms with Crippen LogP contribution in [0.15, 0.2) is 0 Å². The van der Waals surface area contributed by atoms with Crippen molar-refractivity contribution in [3.8, 4) is 0 Å². The average molecular weight is 496 g/mol. The second kappa shape index (κ2) is 10.7. The Morgan fingerprint density at radius 2 is 1.63 bits per heavy atom. The molecule has 0 fully saturated rings. The first-order valence-electron chi connectivity index (χ1n) is 9.38. The molecule has 0 aromatic carbocycles. The van der Waals surface area contributed by atoms with Crippen LogP contribution in [0.3, 0.4) is 0 Å². The summed E-state index contributed by atoms with van der Waals surface area (Å²) in [7, 11) is 1.72. The van der Waals surface area contributed by atoms with E-state index < -0.39 is 23.2 Å². The van der Waals surface area contributed by atoms with E-state index in [1.165, 1.54) is 0 Å². The van der Waals surface area contributed by atoms with Crippen LogP contribution in [-0.4, -0.2) is 51.8 Å². The number of ketones is 1. The van der Waals surface area contributed by atoms with E-state index >= 15 is 0 Å². The van der Waals surface area contributed by atoms with Crippen molar-refractivity contribution in [1.82, 2.24) is 15.5 Å². The van der Waals surface area contributed by atoms with E-state index in [-0.39, 0.29) is 21.5 Å². The van der Waals surface area contributed by atoms with Gasteiger partial charge in [0.25, 0.3) is 3.91 Å². The molecule has 2 amide bonds. The molecule has 7 nitrogen and oxygen atoms in total. The minimum atomic E-state index is -0.709. The summed E-state index contributed by atoms with van der Waals surface area (Å²) in [5, 5.41) is 6.05. The maximum Gasteiger partial charge on any atom is 0.282 e. The quantitative estimate of drug-likeness (QED) is 0.187. The lowest BCUT2D eigenvalue weighted by molar-refractivity contribution is -0.134. The molecule has 158 valence electrons. The zero-order chi connectivity index (χ0) is 21.6. The van der Waals surface area contributed by atoms with Crippen molar-refractivity contribution in [3.63, 3.8) is 0 Å². The van der Waals surface area contributed by atoms with Gasteiger partial charge in [-0.3, -0.25) is 19.7 Å². The number of rotatable bonds is 10. The standard InChI is InChI=1S/C19H37IN4O3/c1-12(2)14(23-19(6,7)21)16(26)22-13(15(25)18(3,4)5)10-9-11-24(8)17(20)27/h12-14,23H,9-11,21H2,1-8H3,(H,22,26). The lowest BCUT2D eigenvalue weighted by atomic mass is 9.84. The molecule has 27 heavy (non-hydrogen) atoms. The van der Waals surface area contributed by atoms with Crippen molar-refractivity contribution < 1.29 is 14.4 Å². The van der Waals surface area contributed by atoms with Crippen molar-refractivity contribution in [2.24, 2.45) is 17.1 Å². The predicted octanol–water partition coefficient (Wildman–Crippen LogP) is 2.66. The number of halogens is 1. The van der Waals surface area contributed by atoms with Gasteiger partial charge in [-0.05, 0) is 32.6 Å². The molecule has 0 aromatic heterocycles. The van der Waals surface area contributed by atoms with E-state index in [0.717, 1.165) is 0 Å². The van der Waals surface area contributed by atoms with Gasteiger partial charge < -0.3 is 16.0 Å². The van der Waals surface area contributed by atoms with Gasteiger partial charge in [-0.15, -0.1) is 0 Å². The molecule has 0 rings (SSSR count). The molecule has 0 bridgehead atoms. The summed E-state index contributed by atoms with van der Waals surface area (Å²) in [5.41, 5.74) is 4.74. The fourth-order valence-corrected chi connectivity index (χ4v) is 2.85. The highest BCUT2D eigenvalue weighted by Crippen LogP contribution is 2.20. The molecule has 2 unspecified atom stereocenters. The Balaban J connectivity index is 5.23. The van der Waals surface area contributed by atoms with Crippen LogP contribution in [0.1, 0.15) is 61.3 Å². The van der Waals surface area contributed by atoms with Crippen molar-refractivity contribution in [1.29, 1.82) is 0 Å². The van der Waals surface area contributed by atoms with Crippen molar-refractivity contribution in [2.45, 2.75) is 79.1 Å². The van der Waals surface area contributed by atoms with Gasteiger partial charge in [-0.2, -0.15) is 0 Å². The van der Waals surface area contributed by atoms with Gasteiger partial charge in [0.1, 0.15) is 0 Å². The van der Waals surface area contributed by atoms with Crippen molar-refractivity contribution >= 4 is 38.2 Å². The van der Waals surface area contributed by atoms with Crippen molar-refractivity contribution in [3.05, 3.63) is 0 Å². The second-order valence-corrected chi connectivity index (χ2v) is 10.0. The summed E-state index contributed by atoms with van der Waals surface area (Å²) in [6.45, 7) is 13.5. The van der Waals surface area contributed by atoms with Gasteiger partial charge in [0.2, 0.25) is 5.91 Å². The van der Waals surface area contributed by atoms with Crippen LogP contribution in [0.2, 0.25) is 0 Å². The summed E-state index contributed by atoms with van der Waals surface area (Å²) in [4.78, 5) is 38.6. The number of hydrogen-bond donors (Lipinski definition) is 3. The van der Waals surface area contributed by atoms with Crippen LogP contribution >= 0.6 is 22.6 Å². The first-order valence-corrected chi connectivity index (χ1v) is 10.5. The molecule has 2 atom stereocenters. The number of nitrogens with one attached hydrogen (secondary N) is 2. The van der Waals surface area contributed by atoms with Gasteiger partial charge >= 0.3 is 0 Å². The van der Waals surface area contributed by atoms with E-state index in [9.17, 15) is 14.4 Å². The molecule has 0 spiro atoms. The highest BCUT2D eigenvalue weighted by atomic mass is 127. The number of carbonyl (C=O) groups is 3. The van der Waals surface area contributed by atoms with E-state index in [4.69, 9.17) is 5.73 Å². The summed E-state index contributed by atoms with van der Waals surface area (Å²) >= 11 is 1.73. The Morgan fingerprint density at radius 1 is 1.11 bits per heavy atom. The average Bonchev–Trinajstić information content (AvgIpc) is 2.48. The molecule has 0 heterocycles. The number of nitrogens with zero attached hydrogens (tertiary/aromatic N) is 1. The van der Waals surface area contributed by atoms with Crippen LogP contribution in [0.25, 0.3) is 0 Å². The molecule has 0 radical (unpaired) electrons. The fourth-order valence-electron chi connectivity index (χ4n) is 2.61. The van der Waals surface area contributed by atoms with Crippen molar-refractivity contribution in [2.75, 3.05) is 13.6 Å².